The van der Waals surface area contributed by atoms with Crippen LogP contribution >= 0.6 is 0 Å². The Morgan fingerprint density at radius 3 is 2.67 bits per heavy atom. The maximum Gasteiger partial charge on any atom is 0.333 e. The van der Waals surface area contributed by atoms with Crippen molar-refractivity contribution < 1.29 is 24.9 Å². The fraction of sp³-hybridized carbons (Fsp3) is 0.640. The summed E-state index contributed by atoms with van der Waals surface area (Å²) >= 11 is 0. The topological polar surface area (TPSA) is 87.0 Å². The van der Waals surface area contributed by atoms with Gasteiger partial charge in [-0.15, -0.1) is 0 Å². The summed E-state index contributed by atoms with van der Waals surface area (Å²) in [6.45, 7) is 9.10. The Morgan fingerprint density at radius 2 is 2.07 bits per heavy atom. The molecule has 0 saturated carbocycles. The van der Waals surface area contributed by atoms with Crippen molar-refractivity contribution in [3.8, 4) is 0 Å². The normalized spacial score (nSPS) is 23.5. The highest BCUT2D eigenvalue weighted by Gasteiger charge is 2.29. The van der Waals surface area contributed by atoms with Crippen molar-refractivity contribution in [3.63, 3.8) is 0 Å². The summed E-state index contributed by atoms with van der Waals surface area (Å²) in [6, 6.07) is 0. The predicted octanol–water partition coefficient (Wildman–Crippen LogP) is 4.49. The molecular formula is C25H38O5. The van der Waals surface area contributed by atoms with Gasteiger partial charge in [0.15, 0.2) is 0 Å². The Labute approximate surface area is 180 Å². The first-order valence-corrected chi connectivity index (χ1v) is 11.1. The van der Waals surface area contributed by atoms with Gasteiger partial charge in [0.25, 0.3) is 0 Å². The molecule has 5 heteroatoms. The van der Waals surface area contributed by atoms with Crippen molar-refractivity contribution in [2.24, 2.45) is 5.41 Å². The van der Waals surface area contributed by atoms with Crippen LogP contribution in [0.1, 0.15) is 79.1 Å². The molecule has 0 aromatic heterocycles. The first-order valence-electron chi connectivity index (χ1n) is 11.1. The summed E-state index contributed by atoms with van der Waals surface area (Å²) in [6.07, 6.45) is 10.5. The number of carbonyl (C=O) groups excluding carboxylic acids is 1. The summed E-state index contributed by atoms with van der Waals surface area (Å²) in [4.78, 5) is 11.1. The van der Waals surface area contributed by atoms with Crippen LogP contribution in [0, 0.1) is 5.41 Å². The molecule has 1 heterocycles. The lowest BCUT2D eigenvalue weighted by Crippen LogP contribution is -2.20. The van der Waals surface area contributed by atoms with Gasteiger partial charge in [0.1, 0.15) is 0 Å². The molecule has 0 radical (unpaired) electrons. The van der Waals surface area contributed by atoms with Gasteiger partial charge >= 0.3 is 5.97 Å². The predicted molar refractivity (Wildman–Crippen MR) is 119 cm³/mol. The van der Waals surface area contributed by atoms with Crippen LogP contribution < -0.4 is 0 Å². The third kappa shape index (κ3) is 6.93. The number of allylic oxidation sites excluding steroid dienone is 4. The lowest BCUT2D eigenvalue weighted by Gasteiger charge is -2.35. The molecule has 2 aliphatic rings. The maximum atomic E-state index is 11.1. The minimum atomic E-state index is -1.38. The molecule has 0 spiro atoms. The van der Waals surface area contributed by atoms with E-state index in [1.54, 1.807) is 17.2 Å². The summed E-state index contributed by atoms with van der Waals surface area (Å²) in [7, 11) is 0. The number of hydrogen-bond acceptors (Lipinski definition) is 5. The van der Waals surface area contributed by atoms with E-state index in [0.717, 1.165) is 30.9 Å². The first-order chi connectivity index (χ1) is 14.1. The zero-order valence-corrected chi connectivity index (χ0v) is 18.9. The number of aliphatic hydroxyl groups excluding tert-OH is 3. The van der Waals surface area contributed by atoms with Gasteiger partial charge in [0.05, 0.1) is 12.7 Å². The summed E-state index contributed by atoms with van der Waals surface area (Å²) in [5, 5.41) is 29.3. The summed E-state index contributed by atoms with van der Waals surface area (Å²) < 4.78 is 4.59. The monoisotopic (exact) mass is 418 g/mol. The van der Waals surface area contributed by atoms with Crippen LogP contribution in [0.15, 0.2) is 46.1 Å². The second-order valence-electron chi connectivity index (χ2n) is 9.29. The van der Waals surface area contributed by atoms with E-state index in [4.69, 9.17) is 0 Å². The van der Waals surface area contributed by atoms with E-state index in [-0.39, 0.29) is 18.6 Å². The number of ether oxygens (including phenoxy) is 1. The zero-order valence-electron chi connectivity index (χ0n) is 18.9. The molecule has 0 amide bonds. The van der Waals surface area contributed by atoms with Gasteiger partial charge in [-0.1, -0.05) is 42.7 Å². The van der Waals surface area contributed by atoms with E-state index in [1.807, 2.05) is 0 Å². The highest BCUT2D eigenvalue weighted by atomic mass is 16.6. The Bertz CT molecular complexity index is 739. The first kappa shape index (κ1) is 24.6. The number of hydrogen-bond donors (Lipinski definition) is 3. The minimum Gasteiger partial charge on any atom is -0.429 e. The number of aliphatic hydroxyl groups is 3. The third-order valence-electron chi connectivity index (χ3n) is 6.43. The molecule has 0 fully saturated rings. The van der Waals surface area contributed by atoms with Crippen molar-refractivity contribution in [3.05, 3.63) is 46.1 Å². The number of carbonyl (C=O) groups is 1. The molecule has 2 unspecified atom stereocenters. The zero-order chi connectivity index (χ0) is 22.3. The van der Waals surface area contributed by atoms with Gasteiger partial charge < -0.3 is 20.1 Å². The van der Waals surface area contributed by atoms with Gasteiger partial charge in [-0.3, -0.25) is 0 Å². The van der Waals surface area contributed by atoms with Crippen LogP contribution in [0.25, 0.3) is 0 Å². The third-order valence-corrected chi connectivity index (χ3v) is 6.43. The van der Waals surface area contributed by atoms with E-state index in [1.165, 1.54) is 24.8 Å². The van der Waals surface area contributed by atoms with Crippen molar-refractivity contribution in [1.82, 2.24) is 0 Å². The average Bonchev–Trinajstić information content (AvgIpc) is 3.01. The van der Waals surface area contributed by atoms with Crippen LogP contribution in [-0.2, 0) is 9.53 Å². The fourth-order valence-corrected chi connectivity index (χ4v) is 4.50. The van der Waals surface area contributed by atoms with Crippen LogP contribution in [0.4, 0.5) is 0 Å². The molecule has 0 aromatic carbocycles. The molecule has 0 bridgehead atoms. The molecule has 0 saturated heterocycles. The number of rotatable bonds is 10. The SMILES string of the molecule is CC1=C(CC/C(C)=C/CC/C(=C\CC(O)C2=CC(=O)OC2O)CO)C(C)(C)CCC1. The summed E-state index contributed by atoms with van der Waals surface area (Å²) in [5.41, 5.74) is 5.87. The van der Waals surface area contributed by atoms with E-state index in [9.17, 15) is 20.1 Å². The maximum absolute atomic E-state index is 11.1. The smallest absolute Gasteiger partial charge is 0.333 e. The summed E-state index contributed by atoms with van der Waals surface area (Å²) in [5.74, 6) is -0.647. The lowest BCUT2D eigenvalue weighted by atomic mass is 9.71. The largest absolute Gasteiger partial charge is 0.429 e. The standard InChI is InChI=1S/C25H38O5/c1-17(10-12-21-18(2)8-6-14-25(21,3)4)7-5-9-19(16-26)11-13-22(27)20-15-23(28)30-24(20)29/h7,11,15,22,24,26-27,29H,5-6,8-10,12-14,16H2,1-4H3/b17-7+,19-11+. The molecule has 5 nitrogen and oxygen atoms in total. The molecule has 168 valence electrons. The fourth-order valence-electron chi connectivity index (χ4n) is 4.50. The second-order valence-corrected chi connectivity index (χ2v) is 9.29. The average molecular weight is 419 g/mol. The van der Waals surface area contributed by atoms with Crippen LogP contribution in [-0.4, -0.2) is 40.3 Å². The Morgan fingerprint density at radius 1 is 1.33 bits per heavy atom. The van der Waals surface area contributed by atoms with Gasteiger partial charge in [0.2, 0.25) is 6.29 Å². The Hall–Kier alpha value is -1.69. The van der Waals surface area contributed by atoms with E-state index >= 15 is 0 Å². The van der Waals surface area contributed by atoms with E-state index < -0.39 is 18.4 Å². The Kier molecular flexibility index (Phi) is 9.08. The van der Waals surface area contributed by atoms with E-state index in [2.05, 4.69) is 38.5 Å². The Balaban J connectivity index is 1.82. The van der Waals surface area contributed by atoms with Crippen LogP contribution in [0.3, 0.4) is 0 Å². The van der Waals surface area contributed by atoms with Gasteiger partial charge in [-0.05, 0) is 76.2 Å². The van der Waals surface area contributed by atoms with E-state index in [0.29, 0.717) is 11.8 Å². The van der Waals surface area contributed by atoms with Gasteiger partial charge in [-0.2, -0.15) is 0 Å². The van der Waals surface area contributed by atoms with Crippen molar-refractivity contribution in [1.29, 1.82) is 0 Å². The highest BCUT2D eigenvalue weighted by Crippen LogP contribution is 2.42. The minimum absolute atomic E-state index is 0.0725. The van der Waals surface area contributed by atoms with Gasteiger partial charge in [-0.25, -0.2) is 4.79 Å². The van der Waals surface area contributed by atoms with Crippen molar-refractivity contribution >= 4 is 5.97 Å². The quantitative estimate of drug-likeness (QED) is 0.359. The van der Waals surface area contributed by atoms with Crippen LogP contribution in [0.2, 0.25) is 0 Å². The molecular weight excluding hydrogens is 380 g/mol. The van der Waals surface area contributed by atoms with Gasteiger partial charge in [0, 0.05) is 11.6 Å². The molecule has 1 aliphatic carbocycles. The number of cyclic esters (lactones) is 1. The van der Waals surface area contributed by atoms with Crippen molar-refractivity contribution in [2.45, 2.75) is 91.5 Å². The molecule has 1 aliphatic heterocycles. The number of esters is 1. The molecule has 2 atom stereocenters. The molecule has 2 rings (SSSR count). The highest BCUT2D eigenvalue weighted by molar-refractivity contribution is 5.85. The molecule has 3 N–H and O–H groups in total. The lowest BCUT2D eigenvalue weighted by molar-refractivity contribution is -0.151. The molecule has 0 aromatic rings. The molecule has 30 heavy (non-hydrogen) atoms. The van der Waals surface area contributed by atoms with Crippen LogP contribution in [0.5, 0.6) is 0 Å². The van der Waals surface area contributed by atoms with Crippen molar-refractivity contribution in [2.75, 3.05) is 6.61 Å². The second kappa shape index (κ2) is 11.1.